The number of aromatic amines is 2. The summed E-state index contributed by atoms with van der Waals surface area (Å²) in [5, 5.41) is 1.69. The highest BCUT2D eigenvalue weighted by molar-refractivity contribution is 5.99. The number of fused-ring (bicyclic) bond motifs is 3. The molecule has 0 fully saturated rings. The SMILES string of the molecule is O=c1cc[nH]c2cc3[nH]c4ccccc4c(=O)c3cc12. The quantitative estimate of drug-likeness (QED) is 0.478. The highest BCUT2D eigenvalue weighted by atomic mass is 16.1. The molecule has 0 saturated carbocycles. The number of H-pyrrole nitrogens is 2. The van der Waals surface area contributed by atoms with Gasteiger partial charge in [0.25, 0.3) is 0 Å². The molecular formula is C16H10N2O2. The summed E-state index contributed by atoms with van der Waals surface area (Å²) >= 11 is 0. The maximum Gasteiger partial charge on any atom is 0.197 e. The first kappa shape index (κ1) is 11.0. The topological polar surface area (TPSA) is 65.7 Å². The van der Waals surface area contributed by atoms with Crippen molar-refractivity contribution in [2.75, 3.05) is 0 Å². The molecule has 96 valence electrons. The molecule has 0 aliphatic heterocycles. The second-order valence-electron chi connectivity index (χ2n) is 4.79. The van der Waals surface area contributed by atoms with E-state index in [-0.39, 0.29) is 10.9 Å². The van der Waals surface area contributed by atoms with Crippen molar-refractivity contribution in [3.63, 3.8) is 0 Å². The maximum absolute atomic E-state index is 12.5. The van der Waals surface area contributed by atoms with Crippen LogP contribution in [0.25, 0.3) is 32.7 Å². The minimum atomic E-state index is -0.0896. The van der Waals surface area contributed by atoms with Gasteiger partial charge in [-0.1, -0.05) is 12.1 Å². The lowest BCUT2D eigenvalue weighted by molar-refractivity contribution is 1.39. The van der Waals surface area contributed by atoms with E-state index >= 15 is 0 Å². The molecule has 20 heavy (non-hydrogen) atoms. The van der Waals surface area contributed by atoms with E-state index in [4.69, 9.17) is 0 Å². The molecule has 4 rings (SSSR count). The zero-order chi connectivity index (χ0) is 13.7. The normalized spacial score (nSPS) is 11.4. The number of rotatable bonds is 0. The van der Waals surface area contributed by atoms with Crippen molar-refractivity contribution in [2.24, 2.45) is 0 Å². The Labute approximate surface area is 112 Å². The molecular weight excluding hydrogens is 252 g/mol. The summed E-state index contributed by atoms with van der Waals surface area (Å²) in [6.45, 7) is 0. The van der Waals surface area contributed by atoms with Gasteiger partial charge in [-0.25, -0.2) is 0 Å². The zero-order valence-corrected chi connectivity index (χ0v) is 10.4. The van der Waals surface area contributed by atoms with Gasteiger partial charge in [-0.3, -0.25) is 9.59 Å². The number of aromatic nitrogens is 2. The van der Waals surface area contributed by atoms with Gasteiger partial charge in [-0.15, -0.1) is 0 Å². The van der Waals surface area contributed by atoms with Gasteiger partial charge in [-0.05, 0) is 24.3 Å². The van der Waals surface area contributed by atoms with Crippen molar-refractivity contribution in [1.29, 1.82) is 0 Å². The molecule has 4 nitrogen and oxygen atoms in total. The molecule has 0 unspecified atom stereocenters. The van der Waals surface area contributed by atoms with Crippen molar-refractivity contribution < 1.29 is 0 Å². The summed E-state index contributed by atoms with van der Waals surface area (Å²) in [6.07, 6.45) is 1.61. The van der Waals surface area contributed by atoms with E-state index in [1.54, 1.807) is 24.4 Å². The third-order valence-corrected chi connectivity index (χ3v) is 3.58. The Morgan fingerprint density at radius 2 is 1.60 bits per heavy atom. The molecule has 2 N–H and O–H groups in total. The first-order valence-electron chi connectivity index (χ1n) is 6.30. The molecule has 0 spiro atoms. The number of pyridine rings is 2. The van der Waals surface area contributed by atoms with Crippen LogP contribution < -0.4 is 10.9 Å². The van der Waals surface area contributed by atoms with Gasteiger partial charge < -0.3 is 9.97 Å². The molecule has 0 saturated heterocycles. The number of nitrogens with one attached hydrogen (secondary N) is 2. The van der Waals surface area contributed by atoms with E-state index in [0.717, 1.165) is 16.6 Å². The second-order valence-corrected chi connectivity index (χ2v) is 4.79. The average Bonchev–Trinajstić information content (AvgIpc) is 2.47. The predicted molar refractivity (Wildman–Crippen MR) is 80.2 cm³/mol. The van der Waals surface area contributed by atoms with Gasteiger partial charge >= 0.3 is 0 Å². The van der Waals surface area contributed by atoms with Crippen molar-refractivity contribution in [3.8, 4) is 0 Å². The zero-order valence-electron chi connectivity index (χ0n) is 10.4. The molecule has 0 atom stereocenters. The van der Waals surface area contributed by atoms with Crippen molar-refractivity contribution in [1.82, 2.24) is 9.97 Å². The minimum absolute atomic E-state index is 0.0560. The Kier molecular flexibility index (Phi) is 2.09. The van der Waals surface area contributed by atoms with E-state index in [1.807, 2.05) is 18.2 Å². The van der Waals surface area contributed by atoms with Gasteiger partial charge in [0, 0.05) is 33.9 Å². The highest BCUT2D eigenvalue weighted by Crippen LogP contribution is 2.18. The third kappa shape index (κ3) is 1.42. The summed E-state index contributed by atoms with van der Waals surface area (Å²) in [4.78, 5) is 30.6. The number of benzene rings is 2. The van der Waals surface area contributed by atoms with E-state index in [9.17, 15) is 9.59 Å². The molecule has 2 heterocycles. The fourth-order valence-electron chi connectivity index (χ4n) is 2.59. The lowest BCUT2D eigenvalue weighted by Crippen LogP contribution is -2.06. The summed E-state index contributed by atoms with van der Waals surface area (Å²) in [5.41, 5.74) is 2.09. The van der Waals surface area contributed by atoms with Crippen LogP contribution in [0.1, 0.15) is 0 Å². The van der Waals surface area contributed by atoms with Gasteiger partial charge in [0.1, 0.15) is 0 Å². The molecule has 2 aromatic heterocycles. The van der Waals surface area contributed by atoms with Crippen LogP contribution in [0.3, 0.4) is 0 Å². The fraction of sp³-hybridized carbons (Fsp3) is 0. The van der Waals surface area contributed by atoms with Crippen LogP contribution in [-0.4, -0.2) is 9.97 Å². The largest absolute Gasteiger partial charge is 0.361 e. The molecule has 0 amide bonds. The summed E-state index contributed by atoms with van der Waals surface area (Å²) in [7, 11) is 0. The smallest absolute Gasteiger partial charge is 0.197 e. The molecule has 0 aliphatic rings. The lowest BCUT2D eigenvalue weighted by atomic mass is 10.1. The highest BCUT2D eigenvalue weighted by Gasteiger charge is 2.07. The maximum atomic E-state index is 12.5. The van der Waals surface area contributed by atoms with Crippen LogP contribution in [0.2, 0.25) is 0 Å². The monoisotopic (exact) mass is 262 g/mol. The number of hydrogen-bond donors (Lipinski definition) is 2. The fourth-order valence-corrected chi connectivity index (χ4v) is 2.59. The molecule has 2 aromatic carbocycles. The van der Waals surface area contributed by atoms with E-state index in [1.165, 1.54) is 6.07 Å². The van der Waals surface area contributed by atoms with Crippen LogP contribution >= 0.6 is 0 Å². The van der Waals surface area contributed by atoms with Crippen LogP contribution in [-0.2, 0) is 0 Å². The van der Waals surface area contributed by atoms with Crippen molar-refractivity contribution in [2.45, 2.75) is 0 Å². The standard InChI is InChI=1S/C16H10N2O2/c19-15-5-6-17-13-8-14-11(7-10(13)15)16(20)9-3-1-2-4-12(9)18-14/h1-8H,(H,17,19)(H,18,20). The lowest BCUT2D eigenvalue weighted by Gasteiger charge is -2.04. The first-order valence-corrected chi connectivity index (χ1v) is 6.30. The van der Waals surface area contributed by atoms with Crippen LogP contribution in [0, 0.1) is 0 Å². The summed E-state index contributed by atoms with van der Waals surface area (Å²) in [5.74, 6) is 0. The Morgan fingerprint density at radius 3 is 2.50 bits per heavy atom. The molecule has 0 bridgehead atoms. The van der Waals surface area contributed by atoms with Crippen LogP contribution in [0.5, 0.6) is 0 Å². The molecule has 4 heteroatoms. The summed E-state index contributed by atoms with van der Waals surface area (Å²) < 4.78 is 0. The molecule has 4 aromatic rings. The van der Waals surface area contributed by atoms with Gasteiger partial charge in [0.2, 0.25) is 0 Å². The van der Waals surface area contributed by atoms with E-state index < -0.39 is 0 Å². The van der Waals surface area contributed by atoms with Crippen molar-refractivity contribution >= 4 is 32.7 Å². The molecule has 0 aliphatic carbocycles. The number of hydrogen-bond acceptors (Lipinski definition) is 2. The van der Waals surface area contributed by atoms with E-state index in [2.05, 4.69) is 9.97 Å². The Hall–Kier alpha value is -2.88. The van der Waals surface area contributed by atoms with Crippen molar-refractivity contribution in [3.05, 3.63) is 69.1 Å². The van der Waals surface area contributed by atoms with Crippen LogP contribution in [0.4, 0.5) is 0 Å². The first-order chi connectivity index (χ1) is 9.74. The predicted octanol–water partition coefficient (Wildman–Crippen LogP) is 2.52. The Balaban J connectivity index is 2.32. The molecule has 0 radical (unpaired) electrons. The van der Waals surface area contributed by atoms with Gasteiger partial charge in [0.15, 0.2) is 10.9 Å². The van der Waals surface area contributed by atoms with Crippen LogP contribution in [0.15, 0.2) is 58.3 Å². The van der Waals surface area contributed by atoms with Gasteiger partial charge in [-0.2, -0.15) is 0 Å². The Bertz CT molecular complexity index is 1090. The average molecular weight is 262 g/mol. The van der Waals surface area contributed by atoms with Gasteiger partial charge in [0.05, 0.1) is 11.0 Å². The summed E-state index contributed by atoms with van der Waals surface area (Å²) in [6, 6.07) is 12.3. The number of para-hydroxylation sites is 1. The minimum Gasteiger partial charge on any atom is -0.361 e. The van der Waals surface area contributed by atoms with E-state index in [0.29, 0.717) is 16.2 Å². The second kappa shape index (κ2) is 3.81. The third-order valence-electron chi connectivity index (χ3n) is 3.58. The Morgan fingerprint density at radius 1 is 0.750 bits per heavy atom.